The lowest BCUT2D eigenvalue weighted by atomic mass is 10.3. The predicted molar refractivity (Wildman–Crippen MR) is 49.3 cm³/mol. The maximum Gasteiger partial charge on any atom is 0.199 e. The van der Waals surface area contributed by atoms with Gasteiger partial charge in [0, 0.05) is 0 Å². The van der Waals surface area contributed by atoms with E-state index in [2.05, 4.69) is 0 Å². The summed E-state index contributed by atoms with van der Waals surface area (Å²) in [5.41, 5.74) is 0. The van der Waals surface area contributed by atoms with Crippen molar-refractivity contribution in [3.8, 4) is 5.75 Å². The fourth-order valence-corrected chi connectivity index (χ4v) is 0.996. The number of benzene rings is 1. The van der Waals surface area contributed by atoms with Crippen LogP contribution in [0.4, 0.5) is 0 Å². The van der Waals surface area contributed by atoms with E-state index in [-0.39, 0.29) is 0 Å². The molecule has 1 aromatic rings. The quantitative estimate of drug-likeness (QED) is 0.721. The second kappa shape index (κ2) is 4.84. The number of para-hydroxylation sites is 1. The van der Waals surface area contributed by atoms with E-state index in [4.69, 9.17) is 14.6 Å². The molecular weight excluding hydrogens is 168 g/mol. The standard InChI is InChI=1S/C10H14O3/c1-8(11)12-9(2)13-10-6-4-3-5-7-10/h3-9,11H,1-2H3. The van der Waals surface area contributed by atoms with Gasteiger partial charge in [-0.2, -0.15) is 0 Å². The number of aliphatic hydroxyl groups excluding tert-OH is 1. The van der Waals surface area contributed by atoms with E-state index >= 15 is 0 Å². The highest BCUT2D eigenvalue weighted by Gasteiger charge is 2.05. The highest BCUT2D eigenvalue weighted by atomic mass is 16.7. The second-order valence-corrected chi connectivity index (χ2v) is 2.73. The van der Waals surface area contributed by atoms with E-state index in [1.807, 2.05) is 30.3 Å². The van der Waals surface area contributed by atoms with Gasteiger partial charge >= 0.3 is 0 Å². The molecule has 0 saturated carbocycles. The van der Waals surface area contributed by atoms with Crippen LogP contribution >= 0.6 is 0 Å². The smallest absolute Gasteiger partial charge is 0.199 e. The van der Waals surface area contributed by atoms with Crippen molar-refractivity contribution >= 4 is 0 Å². The minimum Gasteiger partial charge on any atom is -0.465 e. The van der Waals surface area contributed by atoms with Gasteiger partial charge in [-0.3, -0.25) is 0 Å². The Balaban J connectivity index is 2.41. The molecule has 0 heterocycles. The molecule has 0 aliphatic carbocycles. The molecule has 0 bridgehead atoms. The van der Waals surface area contributed by atoms with Crippen LogP contribution in [0.2, 0.25) is 0 Å². The van der Waals surface area contributed by atoms with Crippen molar-refractivity contribution in [1.29, 1.82) is 0 Å². The van der Waals surface area contributed by atoms with E-state index < -0.39 is 12.6 Å². The molecule has 0 aliphatic heterocycles. The Kier molecular flexibility index (Phi) is 3.73. The third kappa shape index (κ3) is 3.92. The molecule has 72 valence electrons. The lowest BCUT2D eigenvalue weighted by Gasteiger charge is -2.16. The molecule has 1 rings (SSSR count). The SMILES string of the molecule is CC(O)OC(C)Oc1ccccc1. The molecule has 0 aromatic heterocycles. The lowest BCUT2D eigenvalue weighted by Crippen LogP contribution is -2.21. The summed E-state index contributed by atoms with van der Waals surface area (Å²) in [5, 5.41) is 8.90. The molecule has 3 nitrogen and oxygen atoms in total. The van der Waals surface area contributed by atoms with E-state index in [9.17, 15) is 0 Å². The Labute approximate surface area is 77.9 Å². The van der Waals surface area contributed by atoms with Crippen LogP contribution in [0.15, 0.2) is 30.3 Å². The van der Waals surface area contributed by atoms with Crippen molar-refractivity contribution in [3.63, 3.8) is 0 Å². The molecule has 1 N–H and O–H groups in total. The topological polar surface area (TPSA) is 38.7 Å². The number of hydrogen-bond donors (Lipinski definition) is 1. The van der Waals surface area contributed by atoms with Gasteiger partial charge in [0.2, 0.25) is 0 Å². The normalized spacial score (nSPS) is 15.0. The van der Waals surface area contributed by atoms with E-state index in [1.54, 1.807) is 13.8 Å². The van der Waals surface area contributed by atoms with Gasteiger partial charge in [-0.1, -0.05) is 18.2 Å². The Morgan fingerprint density at radius 1 is 1.15 bits per heavy atom. The van der Waals surface area contributed by atoms with Gasteiger partial charge in [0.25, 0.3) is 0 Å². The Bertz CT molecular complexity index is 233. The molecule has 0 saturated heterocycles. The summed E-state index contributed by atoms with van der Waals surface area (Å²) in [5.74, 6) is 0.732. The molecular formula is C10H14O3. The molecule has 0 spiro atoms. The van der Waals surface area contributed by atoms with E-state index in [1.165, 1.54) is 0 Å². The van der Waals surface area contributed by atoms with Gasteiger partial charge in [-0.15, -0.1) is 0 Å². The van der Waals surface area contributed by atoms with Gasteiger partial charge in [-0.05, 0) is 26.0 Å². The summed E-state index contributed by atoms with van der Waals surface area (Å²) in [4.78, 5) is 0. The first-order chi connectivity index (χ1) is 6.18. The highest BCUT2D eigenvalue weighted by Crippen LogP contribution is 2.11. The van der Waals surface area contributed by atoms with Crippen LogP contribution in [0, 0.1) is 0 Å². The number of rotatable bonds is 4. The summed E-state index contributed by atoms with van der Waals surface area (Å²) >= 11 is 0. The molecule has 13 heavy (non-hydrogen) atoms. The van der Waals surface area contributed by atoms with Crippen LogP contribution in [0.3, 0.4) is 0 Å². The van der Waals surface area contributed by atoms with Gasteiger partial charge < -0.3 is 14.6 Å². The fourth-order valence-electron chi connectivity index (χ4n) is 0.996. The second-order valence-electron chi connectivity index (χ2n) is 2.73. The lowest BCUT2D eigenvalue weighted by molar-refractivity contribution is -0.179. The van der Waals surface area contributed by atoms with Gasteiger partial charge in [0.15, 0.2) is 12.6 Å². The monoisotopic (exact) mass is 182 g/mol. The van der Waals surface area contributed by atoms with Crippen molar-refractivity contribution < 1.29 is 14.6 Å². The number of ether oxygens (including phenoxy) is 2. The third-order valence-electron chi connectivity index (χ3n) is 1.43. The summed E-state index contributed by atoms with van der Waals surface area (Å²) < 4.78 is 10.3. The first-order valence-corrected chi connectivity index (χ1v) is 4.23. The first kappa shape index (κ1) is 10.0. The van der Waals surface area contributed by atoms with Crippen LogP contribution in [0.1, 0.15) is 13.8 Å². The maximum atomic E-state index is 8.90. The van der Waals surface area contributed by atoms with Crippen LogP contribution in [-0.4, -0.2) is 17.7 Å². The molecule has 0 aliphatic rings. The molecule has 0 radical (unpaired) electrons. The molecule has 2 unspecified atom stereocenters. The van der Waals surface area contributed by atoms with Crippen LogP contribution < -0.4 is 4.74 Å². The van der Waals surface area contributed by atoms with Gasteiger partial charge in [0.1, 0.15) is 5.75 Å². The van der Waals surface area contributed by atoms with Crippen molar-refractivity contribution in [2.45, 2.75) is 26.4 Å². The predicted octanol–water partition coefficient (Wildman–Crippen LogP) is 1.77. The zero-order valence-electron chi connectivity index (χ0n) is 7.81. The fraction of sp³-hybridized carbons (Fsp3) is 0.400. The minimum absolute atomic E-state index is 0.442. The zero-order valence-corrected chi connectivity index (χ0v) is 7.81. The molecule has 0 fully saturated rings. The molecule has 2 atom stereocenters. The average molecular weight is 182 g/mol. The number of hydrogen-bond acceptors (Lipinski definition) is 3. The van der Waals surface area contributed by atoms with Gasteiger partial charge in [0.05, 0.1) is 0 Å². The molecule has 3 heteroatoms. The minimum atomic E-state index is -0.807. The summed E-state index contributed by atoms with van der Waals surface area (Å²) in [6.45, 7) is 3.28. The summed E-state index contributed by atoms with van der Waals surface area (Å²) in [7, 11) is 0. The Hall–Kier alpha value is -1.06. The van der Waals surface area contributed by atoms with Crippen molar-refractivity contribution in [2.75, 3.05) is 0 Å². The Morgan fingerprint density at radius 3 is 2.31 bits per heavy atom. The van der Waals surface area contributed by atoms with Crippen LogP contribution in [0.5, 0.6) is 5.75 Å². The molecule has 0 amide bonds. The molecule has 1 aromatic carbocycles. The summed E-state index contributed by atoms with van der Waals surface area (Å²) in [6.07, 6.45) is -1.25. The van der Waals surface area contributed by atoms with E-state index in [0.717, 1.165) is 5.75 Å². The van der Waals surface area contributed by atoms with Crippen LogP contribution in [-0.2, 0) is 4.74 Å². The number of aliphatic hydroxyl groups is 1. The highest BCUT2D eigenvalue weighted by molar-refractivity contribution is 5.20. The van der Waals surface area contributed by atoms with Crippen molar-refractivity contribution in [2.24, 2.45) is 0 Å². The van der Waals surface area contributed by atoms with Crippen LogP contribution in [0.25, 0.3) is 0 Å². The average Bonchev–Trinajstić information content (AvgIpc) is 2.04. The van der Waals surface area contributed by atoms with Gasteiger partial charge in [-0.25, -0.2) is 0 Å². The first-order valence-electron chi connectivity index (χ1n) is 4.23. The van der Waals surface area contributed by atoms with Crippen molar-refractivity contribution in [3.05, 3.63) is 30.3 Å². The third-order valence-corrected chi connectivity index (χ3v) is 1.43. The van der Waals surface area contributed by atoms with E-state index in [0.29, 0.717) is 0 Å². The summed E-state index contributed by atoms with van der Waals surface area (Å²) in [6, 6.07) is 9.34. The maximum absolute atomic E-state index is 8.90. The largest absolute Gasteiger partial charge is 0.465 e. The zero-order chi connectivity index (χ0) is 9.68. The van der Waals surface area contributed by atoms with Crippen molar-refractivity contribution in [1.82, 2.24) is 0 Å². The Morgan fingerprint density at radius 2 is 1.77 bits per heavy atom.